The van der Waals surface area contributed by atoms with Crippen molar-refractivity contribution in [1.82, 2.24) is 10.8 Å². The third-order valence-electron chi connectivity index (χ3n) is 2.92. The van der Waals surface area contributed by atoms with Crippen molar-refractivity contribution in [2.75, 3.05) is 13.7 Å². The van der Waals surface area contributed by atoms with Crippen molar-refractivity contribution in [2.24, 2.45) is 0 Å². The number of ether oxygens (including phenoxy) is 2. The molecule has 0 bridgehead atoms. The molecular weight excluding hydrogens is 326 g/mol. The first-order valence-corrected chi connectivity index (χ1v) is 7.66. The highest BCUT2D eigenvalue weighted by molar-refractivity contribution is 5.85. The van der Waals surface area contributed by atoms with Crippen LogP contribution in [0.2, 0.25) is 0 Å². The highest BCUT2D eigenvalue weighted by atomic mass is 16.6. The third kappa shape index (κ3) is 8.04. The van der Waals surface area contributed by atoms with Crippen molar-refractivity contribution >= 4 is 12.0 Å². The Kier molecular flexibility index (Phi) is 7.69. The number of rotatable bonds is 7. The molecule has 8 nitrogen and oxygen atoms in total. The Morgan fingerprint density at radius 3 is 2.40 bits per heavy atom. The molecule has 0 radical (unpaired) electrons. The minimum absolute atomic E-state index is 0.213. The molecule has 0 spiro atoms. The summed E-state index contributed by atoms with van der Waals surface area (Å²) < 4.78 is 10.3. The van der Waals surface area contributed by atoms with Gasteiger partial charge in [0.2, 0.25) is 0 Å². The highest BCUT2D eigenvalue weighted by Crippen LogP contribution is 2.13. The quantitative estimate of drug-likeness (QED) is 0.573. The van der Waals surface area contributed by atoms with E-state index in [1.807, 2.05) is 0 Å². The summed E-state index contributed by atoms with van der Waals surface area (Å²) in [6, 6.07) is 7.88. The van der Waals surface area contributed by atoms with Crippen LogP contribution in [0.3, 0.4) is 0 Å². The van der Waals surface area contributed by atoms with Crippen LogP contribution in [-0.4, -0.2) is 37.4 Å². The first kappa shape index (κ1) is 20.3. The van der Waals surface area contributed by atoms with Gasteiger partial charge in [0.1, 0.15) is 17.4 Å². The number of hydroxylamine groups is 1. The van der Waals surface area contributed by atoms with E-state index in [2.05, 4.69) is 10.8 Å². The average Bonchev–Trinajstić information content (AvgIpc) is 2.53. The van der Waals surface area contributed by atoms with Crippen LogP contribution in [0.25, 0.3) is 0 Å². The Labute approximate surface area is 147 Å². The third-order valence-corrected chi connectivity index (χ3v) is 2.92. The molecular formula is C17H23N3O5. The fraction of sp³-hybridized carbons (Fsp3) is 0.471. The molecule has 2 amide bonds. The van der Waals surface area contributed by atoms with Gasteiger partial charge in [0.15, 0.2) is 6.61 Å². The zero-order chi connectivity index (χ0) is 18.9. The number of nitrogens with one attached hydrogen (secondary N) is 2. The van der Waals surface area contributed by atoms with Gasteiger partial charge in [-0.15, -0.1) is 0 Å². The molecule has 0 aliphatic carbocycles. The van der Waals surface area contributed by atoms with Gasteiger partial charge in [-0.05, 0) is 38.5 Å². The Bertz CT molecular complexity index is 617. The van der Waals surface area contributed by atoms with Gasteiger partial charge in [0.25, 0.3) is 5.91 Å². The lowest BCUT2D eigenvalue weighted by molar-refractivity contribution is -0.134. The van der Waals surface area contributed by atoms with E-state index in [0.29, 0.717) is 5.75 Å². The molecule has 0 fully saturated rings. The lowest BCUT2D eigenvalue weighted by Crippen LogP contribution is -2.49. The monoisotopic (exact) mass is 349 g/mol. The normalized spacial score (nSPS) is 11.8. The SMILES string of the molecule is COc1ccc(C[C@H](NC(=O)OC(C)(C)C)C(=O)NOCC#N)cc1. The van der Waals surface area contributed by atoms with Crippen LogP contribution in [0.5, 0.6) is 5.75 Å². The summed E-state index contributed by atoms with van der Waals surface area (Å²) in [7, 11) is 1.56. The second-order valence-electron chi connectivity index (χ2n) is 6.16. The molecule has 0 saturated heterocycles. The van der Waals surface area contributed by atoms with Crippen molar-refractivity contribution in [2.45, 2.75) is 38.8 Å². The van der Waals surface area contributed by atoms with Crippen molar-refractivity contribution in [3.63, 3.8) is 0 Å². The molecule has 136 valence electrons. The first-order chi connectivity index (χ1) is 11.7. The molecule has 0 aromatic heterocycles. The molecule has 8 heteroatoms. The summed E-state index contributed by atoms with van der Waals surface area (Å²) in [6.45, 7) is 4.87. The summed E-state index contributed by atoms with van der Waals surface area (Å²) in [5, 5.41) is 11.0. The van der Waals surface area contributed by atoms with Gasteiger partial charge in [0, 0.05) is 6.42 Å². The standard InChI is InChI=1S/C17H23N3O5/c1-17(2,3)25-16(22)19-14(15(21)20-24-10-9-18)11-12-5-7-13(23-4)8-6-12/h5-8,14H,10-11H2,1-4H3,(H,19,22)(H,20,21)/t14-/m0/s1. The molecule has 1 aromatic carbocycles. The molecule has 25 heavy (non-hydrogen) atoms. The number of methoxy groups -OCH3 is 1. The van der Waals surface area contributed by atoms with Gasteiger partial charge in [-0.1, -0.05) is 12.1 Å². The first-order valence-electron chi connectivity index (χ1n) is 7.66. The summed E-state index contributed by atoms with van der Waals surface area (Å²) in [6.07, 6.45) is -0.508. The average molecular weight is 349 g/mol. The summed E-state index contributed by atoms with van der Waals surface area (Å²) in [4.78, 5) is 28.9. The van der Waals surface area contributed by atoms with Crippen molar-refractivity contribution < 1.29 is 23.9 Å². The number of benzene rings is 1. The fourth-order valence-electron chi connectivity index (χ4n) is 1.87. The molecule has 1 rings (SSSR count). The van der Waals surface area contributed by atoms with Crippen molar-refractivity contribution in [1.29, 1.82) is 5.26 Å². The predicted molar refractivity (Wildman–Crippen MR) is 89.6 cm³/mol. The molecule has 2 N–H and O–H groups in total. The van der Waals surface area contributed by atoms with E-state index in [-0.39, 0.29) is 13.0 Å². The molecule has 0 heterocycles. The van der Waals surface area contributed by atoms with Gasteiger partial charge < -0.3 is 14.8 Å². The predicted octanol–water partition coefficient (Wildman–Crippen LogP) is 1.70. The number of hydrogen-bond donors (Lipinski definition) is 2. The minimum atomic E-state index is -0.929. The molecule has 1 atom stereocenters. The lowest BCUT2D eigenvalue weighted by atomic mass is 10.1. The van der Waals surface area contributed by atoms with E-state index >= 15 is 0 Å². The zero-order valence-corrected chi connectivity index (χ0v) is 14.8. The van der Waals surface area contributed by atoms with Crippen LogP contribution in [0.4, 0.5) is 4.79 Å². The molecule has 0 saturated carbocycles. The number of amides is 2. The maximum Gasteiger partial charge on any atom is 0.408 e. The topological polar surface area (TPSA) is 110 Å². The van der Waals surface area contributed by atoms with Crippen LogP contribution >= 0.6 is 0 Å². The van der Waals surface area contributed by atoms with Crippen LogP contribution in [0.1, 0.15) is 26.3 Å². The zero-order valence-electron chi connectivity index (χ0n) is 14.8. The van der Waals surface area contributed by atoms with Gasteiger partial charge in [-0.25, -0.2) is 10.3 Å². The Morgan fingerprint density at radius 2 is 1.88 bits per heavy atom. The lowest BCUT2D eigenvalue weighted by Gasteiger charge is -2.23. The van der Waals surface area contributed by atoms with Gasteiger partial charge in [-0.2, -0.15) is 5.26 Å². The molecule has 1 aromatic rings. The molecule has 0 aliphatic heterocycles. The maximum atomic E-state index is 12.2. The molecule has 0 aliphatic rings. The van der Waals surface area contributed by atoms with E-state index < -0.39 is 23.6 Å². The largest absolute Gasteiger partial charge is 0.497 e. The van der Waals surface area contributed by atoms with E-state index in [9.17, 15) is 9.59 Å². The Hall–Kier alpha value is -2.79. The number of alkyl carbamates (subject to hydrolysis) is 1. The van der Waals surface area contributed by atoms with E-state index in [4.69, 9.17) is 19.6 Å². The van der Waals surface area contributed by atoms with Gasteiger partial charge in [-0.3, -0.25) is 9.63 Å². The van der Waals surface area contributed by atoms with Crippen LogP contribution < -0.4 is 15.5 Å². The highest BCUT2D eigenvalue weighted by Gasteiger charge is 2.25. The Morgan fingerprint density at radius 1 is 1.24 bits per heavy atom. The number of carbonyl (C=O) groups excluding carboxylic acids is 2. The number of nitrogens with zero attached hydrogens (tertiary/aromatic N) is 1. The molecule has 0 unspecified atom stereocenters. The second-order valence-corrected chi connectivity index (χ2v) is 6.16. The second kappa shape index (κ2) is 9.49. The number of carbonyl (C=O) groups is 2. The van der Waals surface area contributed by atoms with E-state index in [0.717, 1.165) is 5.56 Å². The summed E-state index contributed by atoms with van der Waals surface area (Å²) in [5.41, 5.74) is 2.25. The number of nitriles is 1. The Balaban J connectivity index is 2.80. The van der Waals surface area contributed by atoms with Crippen molar-refractivity contribution in [3.05, 3.63) is 29.8 Å². The number of hydrogen-bond acceptors (Lipinski definition) is 6. The smallest absolute Gasteiger partial charge is 0.408 e. The van der Waals surface area contributed by atoms with Crippen LogP contribution in [0.15, 0.2) is 24.3 Å². The van der Waals surface area contributed by atoms with E-state index in [1.54, 1.807) is 58.2 Å². The summed E-state index contributed by atoms with van der Waals surface area (Å²) >= 11 is 0. The summed E-state index contributed by atoms with van der Waals surface area (Å²) in [5.74, 6) is 0.0964. The van der Waals surface area contributed by atoms with Crippen molar-refractivity contribution in [3.8, 4) is 11.8 Å². The minimum Gasteiger partial charge on any atom is -0.497 e. The van der Waals surface area contributed by atoms with Crippen LogP contribution in [0, 0.1) is 11.3 Å². The van der Waals surface area contributed by atoms with E-state index in [1.165, 1.54) is 0 Å². The van der Waals surface area contributed by atoms with Gasteiger partial charge in [0.05, 0.1) is 13.2 Å². The fourth-order valence-corrected chi connectivity index (χ4v) is 1.87. The van der Waals surface area contributed by atoms with Crippen LogP contribution in [-0.2, 0) is 20.8 Å². The van der Waals surface area contributed by atoms with Gasteiger partial charge >= 0.3 is 6.09 Å². The maximum absolute atomic E-state index is 12.2.